The zero-order valence-corrected chi connectivity index (χ0v) is 22.0. The Labute approximate surface area is 229 Å². The van der Waals surface area contributed by atoms with Gasteiger partial charge in [0.1, 0.15) is 17.5 Å². The van der Waals surface area contributed by atoms with Crippen molar-refractivity contribution in [3.05, 3.63) is 83.9 Å². The van der Waals surface area contributed by atoms with Crippen molar-refractivity contribution in [2.45, 2.75) is 25.1 Å². The molecule has 1 aliphatic heterocycles. The Morgan fingerprint density at radius 3 is 2.18 bits per heavy atom. The number of hydrogen-bond donors (Lipinski definition) is 1. The number of halogens is 3. The number of amides is 2. The molecule has 3 aromatic rings. The fourth-order valence-electron chi connectivity index (χ4n) is 4.25. The summed E-state index contributed by atoms with van der Waals surface area (Å²) in [6.07, 6.45) is -4.36. The first kappa shape index (κ1) is 27.9. The molecule has 0 saturated carbocycles. The van der Waals surface area contributed by atoms with Crippen molar-refractivity contribution < 1.29 is 32.2 Å². The summed E-state index contributed by atoms with van der Waals surface area (Å²) < 4.78 is 50.4. The van der Waals surface area contributed by atoms with E-state index in [1.165, 1.54) is 19.2 Å². The zero-order valence-electron chi connectivity index (χ0n) is 21.2. The average molecular weight is 558 g/mol. The lowest BCUT2D eigenvalue weighted by Crippen LogP contribution is -2.39. The Bertz CT molecular complexity index is 1350. The maximum atomic E-state index is 13.6. The number of methoxy groups -OCH3 is 2. The Morgan fingerprint density at radius 2 is 1.59 bits per heavy atom. The molecule has 0 aliphatic carbocycles. The fourth-order valence-corrected chi connectivity index (χ4v) is 4.66. The molecule has 1 atom stereocenters. The smallest absolute Gasteiger partial charge is 0.416 e. The number of nitrogens with one attached hydrogen (secondary N) is 1. The first-order valence-electron chi connectivity index (χ1n) is 12.0. The van der Waals surface area contributed by atoms with E-state index in [2.05, 4.69) is 5.32 Å². The van der Waals surface area contributed by atoms with Crippen LogP contribution in [-0.4, -0.2) is 48.6 Å². The third-order valence-corrected chi connectivity index (χ3v) is 6.72. The van der Waals surface area contributed by atoms with Crippen molar-refractivity contribution in [3.8, 4) is 11.5 Å². The first-order valence-corrected chi connectivity index (χ1v) is 12.4. The van der Waals surface area contributed by atoms with Crippen molar-refractivity contribution in [2.24, 2.45) is 0 Å². The van der Waals surface area contributed by atoms with E-state index in [0.29, 0.717) is 23.6 Å². The quantitative estimate of drug-likeness (QED) is 0.361. The van der Waals surface area contributed by atoms with Crippen LogP contribution in [0.3, 0.4) is 0 Å². The number of benzene rings is 3. The lowest BCUT2D eigenvalue weighted by molar-refractivity contribution is -0.137. The number of carbonyl (C=O) groups is 2. The molecule has 1 fully saturated rings. The highest BCUT2D eigenvalue weighted by Gasteiger charge is 2.44. The Balaban J connectivity index is 1.58. The number of alkyl halides is 3. The summed E-state index contributed by atoms with van der Waals surface area (Å²) in [7, 11) is 3.09. The molecule has 4 rings (SSSR count). The zero-order chi connectivity index (χ0) is 28.2. The van der Waals surface area contributed by atoms with Crippen molar-refractivity contribution in [1.82, 2.24) is 4.90 Å². The predicted octanol–water partition coefficient (Wildman–Crippen LogP) is 5.30. The van der Waals surface area contributed by atoms with Crippen LogP contribution in [0.15, 0.2) is 72.8 Å². The van der Waals surface area contributed by atoms with Gasteiger partial charge >= 0.3 is 6.18 Å². The van der Waals surface area contributed by atoms with Crippen LogP contribution in [0.1, 0.15) is 17.5 Å². The summed E-state index contributed by atoms with van der Waals surface area (Å²) >= 11 is 5.58. The Kier molecular flexibility index (Phi) is 8.39. The highest BCUT2D eigenvalue weighted by molar-refractivity contribution is 7.80. The van der Waals surface area contributed by atoms with E-state index in [1.54, 1.807) is 48.4 Å². The van der Waals surface area contributed by atoms with Gasteiger partial charge < -0.3 is 19.7 Å². The van der Waals surface area contributed by atoms with Gasteiger partial charge in [0.15, 0.2) is 5.11 Å². The van der Waals surface area contributed by atoms with E-state index < -0.39 is 29.6 Å². The lowest BCUT2D eigenvalue weighted by Gasteiger charge is -2.24. The molecule has 3 aromatic carbocycles. The molecule has 1 saturated heterocycles. The minimum absolute atomic E-state index is 0.00710. The molecule has 0 bridgehead atoms. The van der Waals surface area contributed by atoms with E-state index in [4.69, 9.17) is 21.7 Å². The molecule has 11 heteroatoms. The van der Waals surface area contributed by atoms with Crippen LogP contribution >= 0.6 is 12.2 Å². The molecule has 39 heavy (non-hydrogen) atoms. The van der Waals surface area contributed by atoms with Gasteiger partial charge in [-0.2, -0.15) is 13.2 Å². The molecule has 7 nitrogen and oxygen atoms in total. The molecule has 1 unspecified atom stereocenters. The topological polar surface area (TPSA) is 71.1 Å². The second-order valence-corrected chi connectivity index (χ2v) is 9.16. The van der Waals surface area contributed by atoms with Gasteiger partial charge in [-0.15, -0.1) is 0 Å². The van der Waals surface area contributed by atoms with Gasteiger partial charge in [0.25, 0.3) is 5.91 Å². The monoisotopic (exact) mass is 557 g/mol. The summed E-state index contributed by atoms with van der Waals surface area (Å²) in [5, 5.41) is 2.79. The molecule has 204 valence electrons. The predicted molar refractivity (Wildman–Crippen MR) is 145 cm³/mol. The average Bonchev–Trinajstić information content (AvgIpc) is 3.15. The van der Waals surface area contributed by atoms with Gasteiger partial charge in [-0.1, -0.05) is 18.2 Å². The minimum Gasteiger partial charge on any atom is -0.497 e. The van der Waals surface area contributed by atoms with Gasteiger partial charge in [0.2, 0.25) is 5.91 Å². The minimum atomic E-state index is -4.59. The third kappa shape index (κ3) is 6.48. The summed E-state index contributed by atoms with van der Waals surface area (Å²) in [5.41, 5.74) is 0.534. The van der Waals surface area contributed by atoms with Crippen LogP contribution in [0.5, 0.6) is 11.5 Å². The van der Waals surface area contributed by atoms with E-state index in [1.807, 2.05) is 12.1 Å². The maximum Gasteiger partial charge on any atom is 0.416 e. The number of nitrogens with zero attached hydrogens (tertiary/aromatic N) is 2. The molecular formula is C28H26F3N3O4S. The third-order valence-electron chi connectivity index (χ3n) is 6.30. The van der Waals surface area contributed by atoms with Gasteiger partial charge in [0.05, 0.1) is 31.9 Å². The molecule has 0 aromatic heterocycles. The molecule has 1 aliphatic rings. The maximum absolute atomic E-state index is 13.6. The Morgan fingerprint density at radius 1 is 0.974 bits per heavy atom. The fraction of sp³-hybridized carbons (Fsp3) is 0.250. The van der Waals surface area contributed by atoms with Crippen LogP contribution < -0.4 is 19.7 Å². The molecule has 0 radical (unpaired) electrons. The summed E-state index contributed by atoms with van der Waals surface area (Å²) in [5.74, 6) is 0.292. The van der Waals surface area contributed by atoms with Crippen LogP contribution in [0, 0.1) is 0 Å². The van der Waals surface area contributed by atoms with E-state index in [9.17, 15) is 22.8 Å². The largest absolute Gasteiger partial charge is 0.497 e. The summed E-state index contributed by atoms with van der Waals surface area (Å²) in [4.78, 5) is 29.2. The van der Waals surface area contributed by atoms with Gasteiger partial charge in [-0.05, 0) is 78.8 Å². The van der Waals surface area contributed by atoms with Gasteiger partial charge in [-0.3, -0.25) is 14.5 Å². The second kappa shape index (κ2) is 11.7. The molecular weight excluding hydrogens is 531 g/mol. The second-order valence-electron chi connectivity index (χ2n) is 8.79. The normalized spacial score (nSPS) is 15.5. The SMILES string of the molecule is COc1ccc(CCN2C(=S)N(c3cccc(C(F)(F)F)c3)C(=O)C2CC(=O)Nc2ccc(OC)cc2)cc1. The van der Waals surface area contributed by atoms with Gasteiger partial charge in [0, 0.05) is 12.2 Å². The van der Waals surface area contributed by atoms with E-state index in [-0.39, 0.29) is 23.8 Å². The number of anilines is 2. The van der Waals surface area contributed by atoms with Crippen molar-refractivity contribution in [1.29, 1.82) is 0 Å². The first-order chi connectivity index (χ1) is 18.6. The van der Waals surface area contributed by atoms with Crippen LogP contribution in [0.25, 0.3) is 0 Å². The lowest BCUT2D eigenvalue weighted by atomic mass is 10.1. The summed E-state index contributed by atoms with van der Waals surface area (Å²) in [6.45, 7) is 0.271. The van der Waals surface area contributed by atoms with Crippen LogP contribution in [-0.2, 0) is 22.2 Å². The number of rotatable bonds is 9. The van der Waals surface area contributed by atoms with Crippen molar-refractivity contribution in [2.75, 3.05) is 31.0 Å². The molecule has 0 spiro atoms. The molecule has 1 heterocycles. The standard InChI is InChI=1S/C28H26F3N3O4S/c1-37-22-10-6-18(7-11-22)14-15-33-24(17-25(35)32-20-8-12-23(38-2)13-9-20)26(36)34(27(33)39)21-5-3-4-19(16-21)28(29,30)31/h3-13,16,24H,14-15,17H2,1-2H3,(H,32,35). The van der Waals surface area contributed by atoms with Crippen LogP contribution in [0.4, 0.5) is 24.5 Å². The highest BCUT2D eigenvalue weighted by atomic mass is 32.1. The molecule has 2 amide bonds. The van der Waals surface area contributed by atoms with Crippen molar-refractivity contribution in [3.63, 3.8) is 0 Å². The molecule has 1 N–H and O–H groups in total. The van der Waals surface area contributed by atoms with Crippen LogP contribution in [0.2, 0.25) is 0 Å². The highest BCUT2D eigenvalue weighted by Crippen LogP contribution is 2.34. The number of ether oxygens (including phenoxy) is 2. The van der Waals surface area contributed by atoms with Crippen molar-refractivity contribution >= 4 is 40.5 Å². The van der Waals surface area contributed by atoms with E-state index in [0.717, 1.165) is 22.6 Å². The number of thiocarbonyl (C=S) groups is 1. The summed E-state index contributed by atoms with van der Waals surface area (Å²) in [6, 6.07) is 17.5. The Hall–Kier alpha value is -4.12. The van der Waals surface area contributed by atoms with E-state index >= 15 is 0 Å². The van der Waals surface area contributed by atoms with Gasteiger partial charge in [-0.25, -0.2) is 0 Å². The number of carbonyl (C=O) groups excluding carboxylic acids is 2. The number of hydrogen-bond acceptors (Lipinski definition) is 5.